The number of ether oxygens (including phenoxy) is 1. The highest BCUT2D eigenvalue weighted by Crippen LogP contribution is 2.13. The average Bonchev–Trinajstić information content (AvgIpc) is 2.82. The highest BCUT2D eigenvalue weighted by Gasteiger charge is 2.35. The summed E-state index contributed by atoms with van der Waals surface area (Å²) in [5.41, 5.74) is 8.26. The molecular weight excluding hydrogens is 418 g/mol. The molecule has 0 spiro atoms. The number of rotatable bonds is 7. The Hall–Kier alpha value is -3.18. The fourth-order valence-electron chi connectivity index (χ4n) is 3.49. The fourth-order valence-corrected chi connectivity index (χ4v) is 3.49. The topological polar surface area (TPSA) is 105 Å². The maximum absolute atomic E-state index is 12.5. The van der Waals surface area contributed by atoms with Gasteiger partial charge in [-0.1, -0.05) is 30.9 Å². The number of hydrogen-bond donors (Lipinski definition) is 3. The summed E-state index contributed by atoms with van der Waals surface area (Å²) in [6, 6.07) is 13.8. The number of nitrogens with one attached hydrogen (secondary N) is 1. The Morgan fingerprint density at radius 3 is 2.15 bits per heavy atom. The molecule has 0 aliphatic carbocycles. The van der Waals surface area contributed by atoms with Crippen LogP contribution in [0.2, 0.25) is 0 Å². The first-order valence-electron chi connectivity index (χ1n) is 11.1. The molecule has 1 heterocycles. The summed E-state index contributed by atoms with van der Waals surface area (Å²) in [6.45, 7) is 7.79. The third-order valence-electron chi connectivity index (χ3n) is 5.91. The number of amides is 1. The van der Waals surface area contributed by atoms with E-state index in [9.17, 15) is 14.7 Å². The molecule has 1 aliphatic rings. The minimum absolute atomic E-state index is 0.353. The molecule has 0 saturated carbocycles. The summed E-state index contributed by atoms with van der Waals surface area (Å²) in [6.07, 6.45) is 0.410. The lowest BCUT2D eigenvalue weighted by Gasteiger charge is -2.30. The Balaban J connectivity index is 1.60. The molecule has 1 aliphatic heterocycles. The van der Waals surface area contributed by atoms with Crippen molar-refractivity contribution < 1.29 is 19.4 Å². The van der Waals surface area contributed by atoms with Crippen molar-refractivity contribution in [3.8, 4) is 11.8 Å². The van der Waals surface area contributed by atoms with Crippen LogP contribution in [0.25, 0.3) is 0 Å². The predicted molar refractivity (Wildman–Crippen MR) is 127 cm³/mol. The number of morpholine rings is 1. The zero-order valence-electron chi connectivity index (χ0n) is 19.1. The van der Waals surface area contributed by atoms with E-state index in [4.69, 9.17) is 10.5 Å². The van der Waals surface area contributed by atoms with E-state index in [1.54, 1.807) is 38.1 Å². The number of carbonyl (C=O) groups excluding carboxylic acids is 1. The number of carboxylic acids is 1. The Bertz CT molecular complexity index is 1010. The summed E-state index contributed by atoms with van der Waals surface area (Å²) >= 11 is 0. The monoisotopic (exact) mass is 449 g/mol. The molecule has 1 fully saturated rings. The molecule has 7 heteroatoms. The highest BCUT2D eigenvalue weighted by molar-refractivity contribution is 5.97. The molecule has 1 amide bonds. The molecular formula is C26H31N3O4. The van der Waals surface area contributed by atoms with Crippen molar-refractivity contribution in [1.82, 2.24) is 10.2 Å². The summed E-state index contributed by atoms with van der Waals surface area (Å²) in [7, 11) is 0. The molecule has 1 saturated heterocycles. The largest absolute Gasteiger partial charge is 0.480 e. The van der Waals surface area contributed by atoms with Crippen LogP contribution in [0.4, 0.5) is 0 Å². The molecule has 0 bridgehead atoms. The van der Waals surface area contributed by atoms with Gasteiger partial charge in [0.2, 0.25) is 0 Å². The SMILES string of the molecule is CC[C@@](C)(N)C(NC(=O)c1ccc(C#Cc2ccc(CN3CCOCC3)cc2)cc1)C(=O)O. The molecule has 4 N–H and O–H groups in total. The minimum Gasteiger partial charge on any atom is -0.480 e. The fraction of sp³-hybridized carbons (Fsp3) is 0.385. The van der Waals surface area contributed by atoms with Gasteiger partial charge < -0.3 is 20.9 Å². The minimum atomic E-state index is -1.18. The van der Waals surface area contributed by atoms with Crippen molar-refractivity contribution >= 4 is 11.9 Å². The average molecular weight is 450 g/mol. The van der Waals surface area contributed by atoms with Gasteiger partial charge in [-0.05, 0) is 55.3 Å². The molecule has 7 nitrogen and oxygen atoms in total. The number of benzene rings is 2. The van der Waals surface area contributed by atoms with Gasteiger partial charge in [0.1, 0.15) is 6.04 Å². The van der Waals surface area contributed by atoms with Gasteiger partial charge in [-0.25, -0.2) is 4.79 Å². The van der Waals surface area contributed by atoms with E-state index in [1.807, 2.05) is 12.1 Å². The predicted octanol–water partition coefficient (Wildman–Crippen LogP) is 2.23. The van der Waals surface area contributed by atoms with E-state index in [-0.39, 0.29) is 0 Å². The standard InChI is InChI=1S/C26H31N3O4/c1-3-26(2,27)23(25(31)32)28-24(30)22-12-10-20(11-13-22)5-4-19-6-8-21(9-7-19)18-29-14-16-33-17-15-29/h6-13,23H,3,14-18,27H2,1-2H3,(H,28,30)(H,31,32)/t23?,26-/m1/s1. The van der Waals surface area contributed by atoms with Crippen LogP contribution in [0.3, 0.4) is 0 Å². The molecule has 0 radical (unpaired) electrons. The maximum atomic E-state index is 12.5. The first kappa shape index (κ1) is 24.5. The zero-order valence-corrected chi connectivity index (χ0v) is 19.1. The van der Waals surface area contributed by atoms with Gasteiger partial charge in [-0.3, -0.25) is 9.69 Å². The van der Waals surface area contributed by atoms with Crippen molar-refractivity contribution in [1.29, 1.82) is 0 Å². The number of carbonyl (C=O) groups is 2. The van der Waals surface area contributed by atoms with E-state index in [1.165, 1.54) is 5.56 Å². The Kier molecular flexibility index (Phi) is 8.23. The quantitative estimate of drug-likeness (QED) is 0.560. The summed E-state index contributed by atoms with van der Waals surface area (Å²) in [4.78, 5) is 26.4. The second kappa shape index (κ2) is 11.1. The van der Waals surface area contributed by atoms with Crippen molar-refractivity contribution in [2.45, 2.75) is 38.4 Å². The molecule has 2 aromatic carbocycles. The third-order valence-corrected chi connectivity index (χ3v) is 5.91. The van der Waals surface area contributed by atoms with Crippen molar-refractivity contribution in [2.24, 2.45) is 5.73 Å². The van der Waals surface area contributed by atoms with Gasteiger partial charge >= 0.3 is 5.97 Å². The lowest BCUT2D eigenvalue weighted by molar-refractivity contribution is -0.141. The Morgan fingerprint density at radius 2 is 1.64 bits per heavy atom. The molecule has 0 aromatic heterocycles. The molecule has 2 aromatic rings. The first-order chi connectivity index (χ1) is 15.8. The van der Waals surface area contributed by atoms with Gasteiger partial charge in [0, 0.05) is 41.9 Å². The molecule has 33 heavy (non-hydrogen) atoms. The molecule has 174 valence electrons. The maximum Gasteiger partial charge on any atom is 0.328 e. The van der Waals surface area contributed by atoms with E-state index in [0.29, 0.717) is 12.0 Å². The van der Waals surface area contributed by atoms with Gasteiger partial charge in [-0.2, -0.15) is 0 Å². The second-order valence-corrected chi connectivity index (χ2v) is 8.52. The zero-order chi connectivity index (χ0) is 23.8. The van der Waals surface area contributed by atoms with Crippen molar-refractivity contribution in [3.05, 3.63) is 70.8 Å². The van der Waals surface area contributed by atoms with Crippen molar-refractivity contribution in [3.63, 3.8) is 0 Å². The van der Waals surface area contributed by atoms with Crippen LogP contribution in [0.1, 0.15) is 47.3 Å². The third kappa shape index (κ3) is 6.90. The van der Waals surface area contributed by atoms with E-state index in [0.717, 1.165) is 44.0 Å². The van der Waals surface area contributed by atoms with Crippen LogP contribution in [-0.2, 0) is 16.1 Å². The van der Waals surface area contributed by atoms with Crippen LogP contribution in [-0.4, -0.2) is 59.8 Å². The lowest BCUT2D eigenvalue weighted by Crippen LogP contribution is -2.60. The van der Waals surface area contributed by atoms with Gasteiger partial charge in [-0.15, -0.1) is 0 Å². The summed E-state index contributed by atoms with van der Waals surface area (Å²) < 4.78 is 5.38. The highest BCUT2D eigenvalue weighted by atomic mass is 16.5. The van der Waals surface area contributed by atoms with Gasteiger partial charge in [0.15, 0.2) is 0 Å². The molecule has 1 unspecified atom stereocenters. The van der Waals surface area contributed by atoms with Gasteiger partial charge in [0.05, 0.1) is 13.2 Å². The molecule has 3 rings (SSSR count). The Morgan fingerprint density at radius 1 is 1.09 bits per heavy atom. The van der Waals surface area contributed by atoms with E-state index < -0.39 is 23.5 Å². The van der Waals surface area contributed by atoms with E-state index in [2.05, 4.69) is 34.2 Å². The number of hydrogen-bond acceptors (Lipinski definition) is 5. The van der Waals surface area contributed by atoms with Gasteiger partial charge in [0.25, 0.3) is 5.91 Å². The van der Waals surface area contributed by atoms with Crippen LogP contribution >= 0.6 is 0 Å². The Labute approximate surface area is 194 Å². The summed E-state index contributed by atoms with van der Waals surface area (Å²) in [5.74, 6) is 4.59. The van der Waals surface area contributed by atoms with E-state index >= 15 is 0 Å². The van der Waals surface area contributed by atoms with Crippen LogP contribution < -0.4 is 11.1 Å². The summed E-state index contributed by atoms with van der Waals surface area (Å²) in [5, 5.41) is 12.0. The van der Waals surface area contributed by atoms with Crippen LogP contribution in [0, 0.1) is 11.8 Å². The lowest BCUT2D eigenvalue weighted by atomic mass is 9.90. The number of nitrogens with two attached hydrogens (primary N) is 1. The first-order valence-corrected chi connectivity index (χ1v) is 11.1. The second-order valence-electron chi connectivity index (χ2n) is 8.52. The normalized spacial score (nSPS) is 16.7. The van der Waals surface area contributed by atoms with Crippen molar-refractivity contribution in [2.75, 3.05) is 26.3 Å². The smallest absolute Gasteiger partial charge is 0.328 e. The number of nitrogens with zero attached hydrogens (tertiary/aromatic N) is 1. The van der Waals surface area contributed by atoms with Crippen LogP contribution in [0.15, 0.2) is 48.5 Å². The molecule has 2 atom stereocenters. The number of carboxylic acid groups (broad SMARTS) is 1. The number of aliphatic carboxylic acids is 1. The van der Waals surface area contributed by atoms with Crippen LogP contribution in [0.5, 0.6) is 0 Å².